The summed E-state index contributed by atoms with van der Waals surface area (Å²) in [7, 11) is 0. The zero-order valence-corrected chi connectivity index (χ0v) is 11.5. The fraction of sp³-hybridized carbons (Fsp3) is 0.308. The van der Waals surface area contributed by atoms with E-state index in [-0.39, 0.29) is 0 Å². The van der Waals surface area contributed by atoms with Crippen molar-refractivity contribution in [1.29, 1.82) is 0 Å². The van der Waals surface area contributed by atoms with E-state index in [9.17, 15) is 0 Å². The monoisotopic (exact) mass is 288 g/mol. The lowest BCUT2D eigenvalue weighted by Gasteiger charge is -2.25. The minimum Gasteiger partial charge on any atom is -0.382 e. The Bertz CT molecular complexity index is 785. The van der Waals surface area contributed by atoms with Gasteiger partial charge in [-0.2, -0.15) is 10.2 Å². The van der Waals surface area contributed by atoms with E-state index in [1.54, 1.807) is 16.9 Å². The fourth-order valence-electron chi connectivity index (χ4n) is 2.52. The number of aromatic nitrogens is 5. The van der Waals surface area contributed by atoms with Crippen molar-refractivity contribution < 1.29 is 0 Å². The summed E-state index contributed by atoms with van der Waals surface area (Å²) in [5.41, 5.74) is 8.46. The normalized spacial score (nSPS) is 15.7. The molecule has 4 rings (SSSR count). The van der Waals surface area contributed by atoms with Crippen molar-refractivity contribution in [3.8, 4) is 11.3 Å². The maximum atomic E-state index is 6.06. The van der Waals surface area contributed by atoms with E-state index in [1.807, 2.05) is 16.9 Å². The van der Waals surface area contributed by atoms with Crippen LogP contribution >= 0.6 is 11.6 Å². The number of rotatable bonds is 2. The van der Waals surface area contributed by atoms with E-state index in [4.69, 9.17) is 17.3 Å². The zero-order chi connectivity index (χ0) is 13.7. The minimum atomic E-state index is 0.381. The van der Waals surface area contributed by atoms with Gasteiger partial charge in [-0.15, -0.1) is 0 Å². The number of nitrogens with zero attached hydrogens (tertiary/aromatic N) is 5. The van der Waals surface area contributed by atoms with Crippen LogP contribution in [0.3, 0.4) is 0 Å². The Morgan fingerprint density at radius 1 is 1.30 bits per heavy atom. The molecule has 0 aromatic carbocycles. The number of fused-ring (bicyclic) bond motifs is 1. The number of nitrogen functional groups attached to an aromatic ring is 1. The molecule has 3 aromatic heterocycles. The first-order valence-electron chi connectivity index (χ1n) is 6.57. The lowest BCUT2D eigenvalue weighted by Crippen LogP contribution is -2.17. The van der Waals surface area contributed by atoms with E-state index in [2.05, 4.69) is 15.2 Å². The van der Waals surface area contributed by atoms with Crippen LogP contribution in [0.4, 0.5) is 5.82 Å². The summed E-state index contributed by atoms with van der Waals surface area (Å²) in [6.07, 6.45) is 8.92. The molecule has 1 saturated carbocycles. The second kappa shape index (κ2) is 4.21. The molecule has 0 amide bonds. The third-order valence-corrected chi connectivity index (χ3v) is 4.01. The van der Waals surface area contributed by atoms with Gasteiger partial charge in [-0.1, -0.05) is 11.6 Å². The lowest BCUT2D eigenvalue weighted by atomic mass is 9.93. The van der Waals surface area contributed by atoms with Crippen molar-refractivity contribution >= 4 is 22.9 Å². The molecule has 0 unspecified atom stereocenters. The van der Waals surface area contributed by atoms with Crippen molar-refractivity contribution in [2.75, 3.05) is 5.73 Å². The average Bonchev–Trinajstić information content (AvgIpc) is 2.92. The fourth-order valence-corrected chi connectivity index (χ4v) is 2.70. The van der Waals surface area contributed by atoms with Crippen LogP contribution < -0.4 is 5.73 Å². The smallest absolute Gasteiger partial charge is 0.155 e. The molecule has 102 valence electrons. The Balaban J connectivity index is 1.89. The van der Waals surface area contributed by atoms with E-state index in [0.717, 1.165) is 29.6 Å². The van der Waals surface area contributed by atoms with E-state index < -0.39 is 0 Å². The van der Waals surface area contributed by atoms with Gasteiger partial charge >= 0.3 is 0 Å². The predicted molar refractivity (Wildman–Crippen MR) is 76.5 cm³/mol. The van der Waals surface area contributed by atoms with Gasteiger partial charge in [-0.05, 0) is 25.3 Å². The number of halogens is 1. The molecule has 2 N–H and O–H groups in total. The van der Waals surface area contributed by atoms with Crippen LogP contribution in [-0.2, 0) is 0 Å². The first-order chi connectivity index (χ1) is 9.72. The summed E-state index contributed by atoms with van der Waals surface area (Å²) in [5, 5.41) is 8.98. The van der Waals surface area contributed by atoms with Gasteiger partial charge < -0.3 is 5.73 Å². The highest BCUT2D eigenvalue weighted by Crippen LogP contribution is 2.35. The molecular formula is C13H13ClN6. The Morgan fingerprint density at radius 3 is 2.90 bits per heavy atom. The van der Waals surface area contributed by atoms with Gasteiger partial charge in [-0.25, -0.2) is 9.50 Å². The quantitative estimate of drug-likeness (QED) is 0.786. The highest BCUT2D eigenvalue weighted by molar-refractivity contribution is 6.29. The molecule has 0 bridgehead atoms. The molecule has 6 nitrogen and oxygen atoms in total. The summed E-state index contributed by atoms with van der Waals surface area (Å²) in [6, 6.07) is 2.35. The topological polar surface area (TPSA) is 74.0 Å². The third-order valence-electron chi connectivity index (χ3n) is 3.82. The van der Waals surface area contributed by atoms with Crippen LogP contribution in [-0.4, -0.2) is 24.4 Å². The molecule has 7 heteroatoms. The maximum Gasteiger partial charge on any atom is 0.155 e. The Labute approximate surface area is 120 Å². The maximum absolute atomic E-state index is 6.06. The SMILES string of the molecule is Nc1nn(C2CCC2)cc1-c1nc(Cl)cn2nccc12. The van der Waals surface area contributed by atoms with Crippen molar-refractivity contribution in [1.82, 2.24) is 24.4 Å². The largest absolute Gasteiger partial charge is 0.382 e. The first kappa shape index (κ1) is 11.7. The zero-order valence-electron chi connectivity index (χ0n) is 10.7. The van der Waals surface area contributed by atoms with Gasteiger partial charge in [0.15, 0.2) is 5.82 Å². The van der Waals surface area contributed by atoms with Gasteiger partial charge in [0.05, 0.1) is 29.5 Å². The summed E-state index contributed by atoms with van der Waals surface area (Å²) < 4.78 is 3.65. The number of nitrogens with two attached hydrogens (primary N) is 1. The van der Waals surface area contributed by atoms with Crippen molar-refractivity contribution in [3.05, 3.63) is 29.8 Å². The first-order valence-corrected chi connectivity index (χ1v) is 6.95. The summed E-state index contributed by atoms with van der Waals surface area (Å²) >= 11 is 6.05. The van der Waals surface area contributed by atoms with E-state index in [1.165, 1.54) is 6.42 Å². The lowest BCUT2D eigenvalue weighted by molar-refractivity contribution is 0.290. The van der Waals surface area contributed by atoms with Crippen LogP contribution in [0.25, 0.3) is 16.8 Å². The number of anilines is 1. The van der Waals surface area contributed by atoms with Crippen LogP contribution in [0.2, 0.25) is 5.15 Å². The predicted octanol–water partition coefficient (Wildman–Crippen LogP) is 2.55. The molecule has 20 heavy (non-hydrogen) atoms. The van der Waals surface area contributed by atoms with Gasteiger partial charge in [0.25, 0.3) is 0 Å². The molecule has 0 aliphatic heterocycles. The molecule has 3 aromatic rings. The summed E-state index contributed by atoms with van der Waals surface area (Å²) in [5.74, 6) is 0.481. The molecule has 1 fully saturated rings. The molecule has 3 heterocycles. The van der Waals surface area contributed by atoms with E-state index in [0.29, 0.717) is 17.0 Å². The standard InChI is InChI=1S/C13H13ClN6/c14-11-7-20-10(4-5-16-20)12(17-11)9-6-19(18-13(9)15)8-2-1-3-8/h4-8H,1-3H2,(H2,15,18). The van der Waals surface area contributed by atoms with Crippen molar-refractivity contribution in [2.45, 2.75) is 25.3 Å². The molecule has 0 spiro atoms. The second-order valence-corrected chi connectivity index (χ2v) is 5.45. The average molecular weight is 289 g/mol. The minimum absolute atomic E-state index is 0.381. The highest BCUT2D eigenvalue weighted by Gasteiger charge is 2.23. The molecular weight excluding hydrogens is 276 g/mol. The molecule has 0 atom stereocenters. The van der Waals surface area contributed by atoms with Crippen LogP contribution in [0.1, 0.15) is 25.3 Å². The van der Waals surface area contributed by atoms with Gasteiger partial charge in [0, 0.05) is 6.20 Å². The molecule has 1 aliphatic rings. The van der Waals surface area contributed by atoms with Gasteiger partial charge in [0.2, 0.25) is 0 Å². The Morgan fingerprint density at radius 2 is 2.15 bits per heavy atom. The van der Waals surface area contributed by atoms with Gasteiger partial charge in [-0.3, -0.25) is 4.68 Å². The van der Waals surface area contributed by atoms with E-state index >= 15 is 0 Å². The molecule has 0 radical (unpaired) electrons. The number of hydrogen-bond acceptors (Lipinski definition) is 4. The number of hydrogen-bond donors (Lipinski definition) is 1. The Kier molecular flexibility index (Phi) is 2.47. The molecule has 0 saturated heterocycles. The highest BCUT2D eigenvalue weighted by atomic mass is 35.5. The van der Waals surface area contributed by atoms with Crippen molar-refractivity contribution in [2.24, 2.45) is 0 Å². The van der Waals surface area contributed by atoms with Crippen LogP contribution in [0.5, 0.6) is 0 Å². The second-order valence-electron chi connectivity index (χ2n) is 5.07. The Hall–Kier alpha value is -2.08. The van der Waals surface area contributed by atoms with Gasteiger partial charge in [0.1, 0.15) is 10.8 Å². The summed E-state index contributed by atoms with van der Waals surface area (Å²) in [6.45, 7) is 0. The third kappa shape index (κ3) is 1.68. The van der Waals surface area contributed by atoms with Crippen LogP contribution in [0.15, 0.2) is 24.7 Å². The van der Waals surface area contributed by atoms with Crippen LogP contribution in [0, 0.1) is 0 Å². The molecule has 1 aliphatic carbocycles. The van der Waals surface area contributed by atoms with Crippen molar-refractivity contribution in [3.63, 3.8) is 0 Å². The summed E-state index contributed by atoms with van der Waals surface area (Å²) in [4.78, 5) is 4.39.